The molecule has 0 unspecified atom stereocenters. The molecular formula is C20H27F2N3O2S. The lowest BCUT2D eigenvalue weighted by atomic mass is 10.1. The van der Waals surface area contributed by atoms with Crippen molar-refractivity contribution >= 4 is 17.9 Å². The van der Waals surface area contributed by atoms with Gasteiger partial charge in [-0.3, -0.25) is 0 Å². The van der Waals surface area contributed by atoms with Crippen molar-refractivity contribution < 1.29 is 18.3 Å². The minimum absolute atomic E-state index is 0.0408. The van der Waals surface area contributed by atoms with E-state index in [9.17, 15) is 13.6 Å². The van der Waals surface area contributed by atoms with Crippen LogP contribution in [0.1, 0.15) is 63.9 Å². The first kappa shape index (κ1) is 22.2. The van der Waals surface area contributed by atoms with E-state index in [1.807, 2.05) is 18.4 Å². The number of halogens is 2. The smallest absolute Gasteiger partial charge is 0.404 e. The van der Waals surface area contributed by atoms with Crippen molar-refractivity contribution in [2.45, 2.75) is 75.4 Å². The molecule has 5 nitrogen and oxygen atoms in total. The molecule has 2 rings (SSSR count). The maximum absolute atomic E-state index is 13.6. The molecule has 2 aromatic rings. The van der Waals surface area contributed by atoms with E-state index in [1.54, 1.807) is 0 Å². The average molecular weight is 412 g/mol. The molecule has 28 heavy (non-hydrogen) atoms. The van der Waals surface area contributed by atoms with Crippen LogP contribution in [0.3, 0.4) is 0 Å². The standard InChI is InChI=1S/C20H27F2N3O2S/c1-4-5-6-7-8-25-17(12-27-20(23)26)24-18(13(2)3)19(25)28-16-10-14(21)9-15(22)11-16/h9-11,13H,4-8,12H2,1-3H3,(H2,23,26). The summed E-state index contributed by atoms with van der Waals surface area (Å²) in [5, 5.41) is 0.805. The molecule has 0 fully saturated rings. The van der Waals surface area contributed by atoms with Crippen LogP contribution < -0.4 is 5.73 Å². The van der Waals surface area contributed by atoms with E-state index in [-0.39, 0.29) is 12.5 Å². The molecule has 154 valence electrons. The fraction of sp³-hybridized carbons (Fsp3) is 0.500. The molecule has 1 aromatic heterocycles. The van der Waals surface area contributed by atoms with Gasteiger partial charge in [-0.15, -0.1) is 0 Å². The van der Waals surface area contributed by atoms with Crippen molar-refractivity contribution in [3.63, 3.8) is 0 Å². The van der Waals surface area contributed by atoms with Crippen molar-refractivity contribution in [3.8, 4) is 0 Å². The Hall–Kier alpha value is -2.09. The van der Waals surface area contributed by atoms with Gasteiger partial charge in [0.05, 0.1) is 5.69 Å². The molecule has 0 saturated carbocycles. The highest BCUT2D eigenvalue weighted by molar-refractivity contribution is 7.99. The topological polar surface area (TPSA) is 70.1 Å². The molecule has 1 aromatic carbocycles. The summed E-state index contributed by atoms with van der Waals surface area (Å²) < 4.78 is 34.2. The quantitative estimate of drug-likeness (QED) is 0.516. The van der Waals surface area contributed by atoms with E-state index in [4.69, 9.17) is 10.5 Å². The summed E-state index contributed by atoms with van der Waals surface area (Å²) in [6, 6.07) is 3.44. The Labute approximate surface area is 168 Å². The zero-order chi connectivity index (χ0) is 20.7. The van der Waals surface area contributed by atoms with E-state index < -0.39 is 17.7 Å². The van der Waals surface area contributed by atoms with E-state index in [1.165, 1.54) is 23.9 Å². The summed E-state index contributed by atoms with van der Waals surface area (Å²) >= 11 is 1.27. The number of amides is 1. The second kappa shape index (κ2) is 10.5. The van der Waals surface area contributed by atoms with Gasteiger partial charge in [-0.05, 0) is 24.5 Å². The van der Waals surface area contributed by atoms with Crippen LogP contribution in [0, 0.1) is 11.6 Å². The predicted molar refractivity (Wildman–Crippen MR) is 105 cm³/mol. The highest BCUT2D eigenvalue weighted by Crippen LogP contribution is 2.36. The van der Waals surface area contributed by atoms with E-state index >= 15 is 0 Å². The minimum atomic E-state index is -0.868. The van der Waals surface area contributed by atoms with E-state index in [0.29, 0.717) is 17.3 Å². The van der Waals surface area contributed by atoms with Gasteiger partial charge in [-0.25, -0.2) is 18.6 Å². The second-order valence-corrected chi connectivity index (χ2v) is 7.96. The van der Waals surface area contributed by atoms with Crippen LogP contribution >= 0.6 is 11.8 Å². The first-order valence-electron chi connectivity index (χ1n) is 9.47. The highest BCUT2D eigenvalue weighted by Gasteiger charge is 2.21. The monoisotopic (exact) mass is 411 g/mol. The number of hydrogen-bond acceptors (Lipinski definition) is 4. The van der Waals surface area contributed by atoms with E-state index in [0.717, 1.165) is 42.5 Å². The maximum atomic E-state index is 13.6. The summed E-state index contributed by atoms with van der Waals surface area (Å²) in [6.45, 7) is 6.77. The van der Waals surface area contributed by atoms with Gasteiger partial charge in [0.25, 0.3) is 0 Å². The van der Waals surface area contributed by atoms with Crippen molar-refractivity contribution in [1.82, 2.24) is 9.55 Å². The van der Waals surface area contributed by atoms with Gasteiger partial charge in [0.2, 0.25) is 0 Å². The summed E-state index contributed by atoms with van der Waals surface area (Å²) in [4.78, 5) is 16.1. The zero-order valence-electron chi connectivity index (χ0n) is 16.5. The molecule has 0 bridgehead atoms. The van der Waals surface area contributed by atoms with Gasteiger partial charge in [-0.2, -0.15) is 0 Å². The van der Waals surface area contributed by atoms with Crippen LogP contribution in [0.5, 0.6) is 0 Å². The first-order valence-corrected chi connectivity index (χ1v) is 10.3. The van der Waals surface area contributed by atoms with Crippen LogP contribution in [-0.2, 0) is 17.9 Å². The van der Waals surface area contributed by atoms with Gasteiger partial charge in [-0.1, -0.05) is 51.8 Å². The van der Waals surface area contributed by atoms with Gasteiger partial charge in [0.1, 0.15) is 22.5 Å². The second-order valence-electron chi connectivity index (χ2n) is 6.90. The highest BCUT2D eigenvalue weighted by atomic mass is 32.2. The zero-order valence-corrected chi connectivity index (χ0v) is 17.3. The van der Waals surface area contributed by atoms with Crippen LogP contribution in [0.4, 0.5) is 13.6 Å². The Balaban J connectivity index is 2.40. The Morgan fingerprint density at radius 2 is 1.89 bits per heavy atom. The van der Waals surface area contributed by atoms with Gasteiger partial charge in [0.15, 0.2) is 6.61 Å². The normalized spacial score (nSPS) is 11.2. The predicted octanol–water partition coefficient (Wildman–Crippen LogP) is 5.61. The summed E-state index contributed by atoms with van der Waals surface area (Å²) in [7, 11) is 0. The molecule has 2 N–H and O–H groups in total. The maximum Gasteiger partial charge on any atom is 0.404 e. The molecule has 0 saturated heterocycles. The third kappa shape index (κ3) is 6.22. The minimum Gasteiger partial charge on any atom is -0.442 e. The van der Waals surface area contributed by atoms with Crippen molar-refractivity contribution in [3.05, 3.63) is 41.4 Å². The van der Waals surface area contributed by atoms with Crippen molar-refractivity contribution in [1.29, 1.82) is 0 Å². The van der Waals surface area contributed by atoms with Gasteiger partial charge < -0.3 is 15.0 Å². The average Bonchev–Trinajstić information content (AvgIpc) is 2.94. The molecule has 0 atom stereocenters. The number of hydrogen-bond donors (Lipinski definition) is 1. The molecule has 0 radical (unpaired) electrons. The summed E-state index contributed by atoms with van der Waals surface area (Å²) in [6.07, 6.45) is 3.35. The van der Waals surface area contributed by atoms with Crippen LogP contribution in [0.25, 0.3) is 0 Å². The van der Waals surface area contributed by atoms with Crippen molar-refractivity contribution in [2.24, 2.45) is 5.73 Å². The SMILES string of the molecule is CCCCCCn1c(COC(N)=O)nc(C(C)C)c1Sc1cc(F)cc(F)c1. The number of nitrogens with zero attached hydrogens (tertiary/aromatic N) is 2. The fourth-order valence-corrected chi connectivity index (χ4v) is 4.12. The van der Waals surface area contributed by atoms with Crippen LogP contribution in [0.15, 0.2) is 28.1 Å². The number of ether oxygens (including phenoxy) is 1. The summed E-state index contributed by atoms with van der Waals surface area (Å²) in [5.74, 6) is -0.580. The molecule has 8 heteroatoms. The Morgan fingerprint density at radius 1 is 1.21 bits per heavy atom. The lowest BCUT2D eigenvalue weighted by molar-refractivity contribution is 0.145. The molecule has 1 heterocycles. The lowest BCUT2D eigenvalue weighted by Crippen LogP contribution is -2.15. The Morgan fingerprint density at radius 3 is 2.46 bits per heavy atom. The third-order valence-corrected chi connectivity index (χ3v) is 5.30. The number of benzene rings is 1. The number of rotatable bonds is 10. The fourth-order valence-electron chi connectivity index (χ4n) is 2.86. The number of unbranched alkanes of at least 4 members (excludes halogenated alkanes) is 3. The molecule has 0 aliphatic carbocycles. The third-order valence-electron chi connectivity index (χ3n) is 4.20. The molecule has 1 amide bonds. The van der Waals surface area contributed by atoms with Gasteiger partial charge in [0, 0.05) is 17.5 Å². The van der Waals surface area contributed by atoms with Crippen molar-refractivity contribution in [2.75, 3.05) is 0 Å². The van der Waals surface area contributed by atoms with Crippen LogP contribution in [0.2, 0.25) is 0 Å². The summed E-state index contributed by atoms with van der Waals surface area (Å²) in [5.41, 5.74) is 5.90. The Bertz CT molecular complexity index is 789. The first-order chi connectivity index (χ1) is 13.3. The number of carbonyl (C=O) groups is 1. The molecule has 0 aliphatic rings. The van der Waals surface area contributed by atoms with Crippen LogP contribution in [-0.4, -0.2) is 15.6 Å². The number of nitrogens with two attached hydrogens (primary N) is 1. The lowest BCUT2D eigenvalue weighted by Gasteiger charge is -2.13. The molecule has 0 aliphatic heterocycles. The number of aromatic nitrogens is 2. The number of carbonyl (C=O) groups excluding carboxylic acids is 1. The number of primary amides is 1. The van der Waals surface area contributed by atoms with Gasteiger partial charge >= 0.3 is 6.09 Å². The Kier molecular flexibility index (Phi) is 8.29. The molecular weight excluding hydrogens is 384 g/mol. The van der Waals surface area contributed by atoms with E-state index in [2.05, 4.69) is 11.9 Å². The largest absolute Gasteiger partial charge is 0.442 e. The molecule has 0 spiro atoms. The number of imidazole rings is 1.